The van der Waals surface area contributed by atoms with E-state index in [4.69, 9.17) is 16.3 Å². The molecule has 0 N–H and O–H groups in total. The molecule has 3 rings (SSSR count). The minimum Gasteiger partial charge on any atom is -0.381 e. The van der Waals surface area contributed by atoms with Crippen LogP contribution in [0.3, 0.4) is 0 Å². The molecule has 1 aliphatic heterocycles. The second-order valence-corrected chi connectivity index (χ2v) is 6.27. The van der Waals surface area contributed by atoms with Crippen molar-refractivity contribution in [3.05, 3.63) is 39.5 Å². The quantitative estimate of drug-likeness (QED) is 0.486. The number of nitrogens with zero attached hydrogens (tertiary/aromatic N) is 3. The predicted molar refractivity (Wildman–Crippen MR) is 90.2 cm³/mol. The van der Waals surface area contributed by atoms with Crippen molar-refractivity contribution in [3.8, 4) is 0 Å². The molecule has 0 amide bonds. The Morgan fingerprint density at radius 2 is 2.22 bits per heavy atom. The number of aromatic nitrogens is 1. The first kappa shape index (κ1) is 16.0. The van der Waals surface area contributed by atoms with Crippen molar-refractivity contribution in [1.29, 1.82) is 0 Å². The van der Waals surface area contributed by atoms with Gasteiger partial charge in [0.15, 0.2) is 0 Å². The molecule has 0 aliphatic carbocycles. The number of non-ortho nitro benzene ring substituents is 1. The lowest BCUT2D eigenvalue weighted by Gasteiger charge is -2.37. The van der Waals surface area contributed by atoms with Crippen LogP contribution in [-0.4, -0.2) is 36.2 Å². The zero-order valence-electron chi connectivity index (χ0n) is 13.0. The fraction of sp³-hybridized carbons (Fsp3) is 0.438. The van der Waals surface area contributed by atoms with E-state index in [0.29, 0.717) is 17.1 Å². The number of nitro groups is 1. The van der Waals surface area contributed by atoms with Crippen molar-refractivity contribution in [3.63, 3.8) is 0 Å². The smallest absolute Gasteiger partial charge is 0.277 e. The molecule has 23 heavy (non-hydrogen) atoms. The molecular weight excluding hydrogens is 318 g/mol. The number of nitro benzene ring substituents is 1. The maximum atomic E-state index is 11.3. The van der Waals surface area contributed by atoms with Gasteiger partial charge in [0.2, 0.25) is 0 Å². The number of benzene rings is 1. The molecule has 1 saturated heterocycles. The second kappa shape index (κ2) is 6.29. The van der Waals surface area contributed by atoms with Crippen LogP contribution in [0.4, 0.5) is 11.5 Å². The van der Waals surface area contributed by atoms with E-state index in [2.05, 4.69) is 16.8 Å². The first-order valence-electron chi connectivity index (χ1n) is 7.52. The Kier molecular flexibility index (Phi) is 4.37. The number of rotatable bonds is 3. The number of halogens is 1. The van der Waals surface area contributed by atoms with Crippen molar-refractivity contribution >= 4 is 33.9 Å². The number of hydrogen-bond donors (Lipinski definition) is 0. The molecule has 1 aromatic heterocycles. The van der Waals surface area contributed by atoms with Gasteiger partial charge in [0.05, 0.1) is 16.4 Å². The molecule has 0 saturated carbocycles. The van der Waals surface area contributed by atoms with Crippen molar-refractivity contribution in [1.82, 2.24) is 4.98 Å². The van der Waals surface area contributed by atoms with Gasteiger partial charge in [-0.05, 0) is 18.4 Å². The zero-order chi connectivity index (χ0) is 16.6. The highest BCUT2D eigenvalue weighted by Gasteiger charge is 2.28. The largest absolute Gasteiger partial charge is 0.381 e. The van der Waals surface area contributed by atoms with E-state index in [1.54, 1.807) is 19.2 Å². The lowest BCUT2D eigenvalue weighted by atomic mass is 9.96. The van der Waals surface area contributed by atoms with Crippen LogP contribution in [0, 0.1) is 16.0 Å². The summed E-state index contributed by atoms with van der Waals surface area (Å²) in [4.78, 5) is 17.4. The van der Waals surface area contributed by atoms with E-state index >= 15 is 0 Å². The highest BCUT2D eigenvalue weighted by Crippen LogP contribution is 2.35. The molecule has 2 atom stereocenters. The Bertz CT molecular complexity index is 753. The number of fused-ring (bicyclic) bond motifs is 1. The number of piperidine rings is 1. The topological polar surface area (TPSA) is 68.5 Å². The van der Waals surface area contributed by atoms with Crippen LogP contribution >= 0.6 is 11.6 Å². The summed E-state index contributed by atoms with van der Waals surface area (Å²) in [6.07, 6.45) is 1.12. The van der Waals surface area contributed by atoms with Gasteiger partial charge in [-0.3, -0.25) is 10.1 Å². The average Bonchev–Trinajstić information content (AvgIpc) is 2.53. The molecule has 0 spiro atoms. The average molecular weight is 336 g/mol. The molecule has 0 bridgehead atoms. The Labute approximate surface area is 139 Å². The highest BCUT2D eigenvalue weighted by molar-refractivity contribution is 6.30. The normalized spacial score (nSPS) is 21.6. The Morgan fingerprint density at radius 3 is 2.87 bits per heavy atom. The summed E-state index contributed by atoms with van der Waals surface area (Å²) in [5, 5.41) is 12.8. The van der Waals surface area contributed by atoms with Gasteiger partial charge in [0.1, 0.15) is 11.0 Å². The first-order chi connectivity index (χ1) is 11.0. The van der Waals surface area contributed by atoms with Gasteiger partial charge in [0, 0.05) is 31.7 Å². The number of pyridine rings is 1. The molecular formula is C16H18ClN3O3. The lowest BCUT2D eigenvalue weighted by molar-refractivity contribution is -0.383. The van der Waals surface area contributed by atoms with Crippen LogP contribution in [0.1, 0.15) is 13.3 Å². The van der Waals surface area contributed by atoms with E-state index in [1.807, 2.05) is 6.07 Å². The lowest BCUT2D eigenvalue weighted by Crippen LogP contribution is -2.43. The van der Waals surface area contributed by atoms with E-state index in [0.717, 1.165) is 24.9 Å². The third-order valence-corrected chi connectivity index (χ3v) is 4.62. The SMILES string of the molecule is COC1CCN(c2nc(Cl)cc3c([N+](=O)[O-])cccc23)CC1C. The predicted octanol–water partition coefficient (Wildman–Crippen LogP) is 3.66. The summed E-state index contributed by atoms with van der Waals surface area (Å²) < 4.78 is 5.49. The summed E-state index contributed by atoms with van der Waals surface area (Å²) in [6.45, 7) is 3.70. The number of ether oxygens (including phenoxy) is 1. The summed E-state index contributed by atoms with van der Waals surface area (Å²) in [7, 11) is 1.73. The van der Waals surface area contributed by atoms with Crippen LogP contribution in [0.5, 0.6) is 0 Å². The summed E-state index contributed by atoms with van der Waals surface area (Å²) in [6, 6.07) is 6.59. The number of methoxy groups -OCH3 is 1. The van der Waals surface area contributed by atoms with Gasteiger partial charge in [-0.15, -0.1) is 0 Å². The maximum absolute atomic E-state index is 11.3. The van der Waals surface area contributed by atoms with Crippen molar-refractivity contribution < 1.29 is 9.66 Å². The molecule has 1 aliphatic rings. The summed E-state index contributed by atoms with van der Waals surface area (Å²) in [5.74, 6) is 1.06. The number of hydrogen-bond acceptors (Lipinski definition) is 5. The standard InChI is InChI=1S/C16H18ClN3O3/c1-10-9-19(7-6-14(10)23-2)16-11-4-3-5-13(20(21)22)12(11)8-15(17)18-16/h3-5,8,10,14H,6-7,9H2,1-2H3. The highest BCUT2D eigenvalue weighted by atomic mass is 35.5. The third-order valence-electron chi connectivity index (χ3n) is 4.43. The zero-order valence-corrected chi connectivity index (χ0v) is 13.8. The maximum Gasteiger partial charge on any atom is 0.277 e. The van der Waals surface area contributed by atoms with Gasteiger partial charge in [-0.2, -0.15) is 0 Å². The fourth-order valence-corrected chi connectivity index (χ4v) is 3.47. The monoisotopic (exact) mass is 335 g/mol. The first-order valence-corrected chi connectivity index (χ1v) is 7.90. The third kappa shape index (κ3) is 2.96. The molecule has 7 heteroatoms. The van der Waals surface area contributed by atoms with Gasteiger partial charge < -0.3 is 9.64 Å². The van der Waals surface area contributed by atoms with E-state index < -0.39 is 0 Å². The van der Waals surface area contributed by atoms with Crippen LogP contribution in [0.25, 0.3) is 10.8 Å². The van der Waals surface area contributed by atoms with Crippen LogP contribution in [0.15, 0.2) is 24.3 Å². The Balaban J connectivity index is 2.08. The van der Waals surface area contributed by atoms with E-state index in [9.17, 15) is 10.1 Å². The molecule has 1 fully saturated rings. The van der Waals surface area contributed by atoms with Crippen molar-refractivity contribution in [2.75, 3.05) is 25.1 Å². The molecule has 122 valence electrons. The minimum atomic E-state index is -0.387. The molecule has 2 aromatic rings. The van der Waals surface area contributed by atoms with Crippen LogP contribution in [-0.2, 0) is 4.74 Å². The molecule has 2 heterocycles. The summed E-state index contributed by atoms with van der Waals surface area (Å²) in [5.41, 5.74) is 0.0490. The van der Waals surface area contributed by atoms with E-state index in [1.165, 1.54) is 6.07 Å². The van der Waals surface area contributed by atoms with Gasteiger partial charge in [-0.25, -0.2) is 4.98 Å². The molecule has 2 unspecified atom stereocenters. The van der Waals surface area contributed by atoms with Gasteiger partial charge >= 0.3 is 0 Å². The summed E-state index contributed by atoms with van der Waals surface area (Å²) >= 11 is 6.13. The molecule has 1 aromatic carbocycles. The molecule has 6 nitrogen and oxygen atoms in total. The minimum absolute atomic E-state index is 0.0490. The Morgan fingerprint density at radius 1 is 1.43 bits per heavy atom. The fourth-order valence-electron chi connectivity index (χ4n) is 3.28. The van der Waals surface area contributed by atoms with Gasteiger partial charge in [-0.1, -0.05) is 30.7 Å². The van der Waals surface area contributed by atoms with Gasteiger partial charge in [0.25, 0.3) is 5.69 Å². The van der Waals surface area contributed by atoms with E-state index in [-0.39, 0.29) is 21.9 Å². The second-order valence-electron chi connectivity index (χ2n) is 5.88. The van der Waals surface area contributed by atoms with Crippen LogP contribution < -0.4 is 4.90 Å². The Hall–Kier alpha value is -1.92. The molecule has 0 radical (unpaired) electrons. The van der Waals surface area contributed by atoms with Crippen molar-refractivity contribution in [2.45, 2.75) is 19.4 Å². The van der Waals surface area contributed by atoms with Crippen molar-refractivity contribution in [2.24, 2.45) is 5.92 Å². The van der Waals surface area contributed by atoms with Crippen LogP contribution in [0.2, 0.25) is 5.15 Å². The number of anilines is 1.